The van der Waals surface area contributed by atoms with E-state index >= 15 is 0 Å². The van der Waals surface area contributed by atoms with Gasteiger partial charge in [-0.3, -0.25) is 0 Å². The molecular weight excluding hydrogens is 404 g/mol. The molecule has 3 aromatic carbocycles. The van der Waals surface area contributed by atoms with Crippen molar-refractivity contribution in [3.8, 4) is 11.1 Å². The first-order chi connectivity index (χ1) is 15.9. The lowest BCUT2D eigenvalue weighted by molar-refractivity contribution is 0.648. The normalized spacial score (nSPS) is 11.0. The molecule has 0 fully saturated rings. The van der Waals surface area contributed by atoms with Crippen LogP contribution in [0.15, 0.2) is 73.1 Å². The number of aromatic nitrogens is 2. The summed E-state index contributed by atoms with van der Waals surface area (Å²) in [7, 11) is 0. The van der Waals surface area contributed by atoms with Gasteiger partial charge in [-0.05, 0) is 90.8 Å². The number of hydrogen-bond donors (Lipinski definition) is 2. The van der Waals surface area contributed by atoms with Gasteiger partial charge in [-0.15, -0.1) is 0 Å². The smallest absolute Gasteiger partial charge is 0.173 e. The quantitative estimate of drug-likeness (QED) is 0.311. The maximum Gasteiger partial charge on any atom is 0.173 e. The fourth-order valence-corrected chi connectivity index (χ4v) is 4.35. The Morgan fingerprint density at radius 3 is 2.03 bits per heavy atom. The minimum atomic E-state index is 0.602. The van der Waals surface area contributed by atoms with Gasteiger partial charge in [-0.1, -0.05) is 50.2 Å². The highest BCUT2D eigenvalue weighted by Crippen LogP contribution is 2.32. The highest BCUT2D eigenvalue weighted by atomic mass is 15.1. The molecule has 33 heavy (non-hydrogen) atoms. The standard InChI is InChI=1S/C29H32N4/c1-19(2)14-23-9-6-8-22(5)27(23)24-10-7-11-25(18-24)32-28-29(31-13-12-30-28)33-26-16-20(3)15-21(4)17-26/h6-13,15-19H,14H2,1-5H3,(H,30,32)(H,31,33). The summed E-state index contributed by atoms with van der Waals surface area (Å²) in [4.78, 5) is 9.09. The molecule has 4 nitrogen and oxygen atoms in total. The monoisotopic (exact) mass is 436 g/mol. The van der Waals surface area contributed by atoms with Crippen molar-refractivity contribution >= 4 is 23.0 Å². The second-order valence-electron chi connectivity index (χ2n) is 9.17. The molecule has 0 unspecified atom stereocenters. The lowest BCUT2D eigenvalue weighted by Gasteiger charge is -2.16. The third kappa shape index (κ3) is 5.58. The summed E-state index contributed by atoms with van der Waals surface area (Å²) in [6, 6.07) is 21.5. The van der Waals surface area contributed by atoms with Crippen molar-refractivity contribution in [1.82, 2.24) is 9.97 Å². The molecule has 0 amide bonds. The number of benzene rings is 3. The molecule has 0 saturated heterocycles. The van der Waals surface area contributed by atoms with E-state index in [1.54, 1.807) is 12.4 Å². The lowest BCUT2D eigenvalue weighted by Crippen LogP contribution is -2.03. The molecule has 0 radical (unpaired) electrons. The van der Waals surface area contributed by atoms with Gasteiger partial charge in [0, 0.05) is 23.8 Å². The van der Waals surface area contributed by atoms with Gasteiger partial charge in [-0.2, -0.15) is 0 Å². The Hall–Kier alpha value is -3.66. The van der Waals surface area contributed by atoms with Crippen LogP contribution in [0.1, 0.15) is 36.1 Å². The number of nitrogens with zero attached hydrogens (tertiary/aromatic N) is 2. The van der Waals surface area contributed by atoms with Crippen molar-refractivity contribution in [2.24, 2.45) is 5.92 Å². The second kappa shape index (κ2) is 9.86. The fraction of sp³-hybridized carbons (Fsp3) is 0.241. The zero-order chi connectivity index (χ0) is 23.4. The predicted octanol–water partition coefficient (Wildman–Crippen LogP) is 7.75. The van der Waals surface area contributed by atoms with E-state index in [-0.39, 0.29) is 0 Å². The summed E-state index contributed by atoms with van der Waals surface area (Å²) in [5, 5.41) is 6.90. The summed E-state index contributed by atoms with van der Waals surface area (Å²) in [5.41, 5.74) is 9.61. The van der Waals surface area contributed by atoms with E-state index < -0.39 is 0 Å². The van der Waals surface area contributed by atoms with Crippen LogP contribution in [0.2, 0.25) is 0 Å². The van der Waals surface area contributed by atoms with Gasteiger partial charge in [0.1, 0.15) is 0 Å². The third-order valence-electron chi connectivity index (χ3n) is 5.58. The molecular formula is C29H32N4. The van der Waals surface area contributed by atoms with E-state index in [0.717, 1.165) is 17.8 Å². The Kier molecular flexibility index (Phi) is 6.74. The predicted molar refractivity (Wildman–Crippen MR) is 140 cm³/mol. The van der Waals surface area contributed by atoms with Crippen molar-refractivity contribution in [3.05, 3.63) is 95.3 Å². The van der Waals surface area contributed by atoms with Gasteiger partial charge in [-0.25, -0.2) is 9.97 Å². The van der Waals surface area contributed by atoms with Crippen molar-refractivity contribution in [3.63, 3.8) is 0 Å². The molecule has 1 heterocycles. The molecule has 0 atom stereocenters. The van der Waals surface area contributed by atoms with Crippen LogP contribution in [-0.2, 0) is 6.42 Å². The first-order valence-corrected chi connectivity index (χ1v) is 11.5. The Balaban J connectivity index is 1.65. The Bertz CT molecular complexity index is 1240. The molecule has 2 N–H and O–H groups in total. The highest BCUT2D eigenvalue weighted by Gasteiger charge is 2.12. The maximum atomic E-state index is 4.56. The first-order valence-electron chi connectivity index (χ1n) is 11.5. The van der Waals surface area contributed by atoms with Gasteiger partial charge in [0.2, 0.25) is 0 Å². The molecule has 1 aromatic heterocycles. The number of rotatable bonds is 7. The van der Waals surface area contributed by atoms with E-state index in [4.69, 9.17) is 0 Å². The Morgan fingerprint density at radius 1 is 0.727 bits per heavy atom. The van der Waals surface area contributed by atoms with E-state index in [1.807, 2.05) is 0 Å². The van der Waals surface area contributed by atoms with Crippen molar-refractivity contribution in [2.45, 2.75) is 41.0 Å². The summed E-state index contributed by atoms with van der Waals surface area (Å²) in [6.45, 7) is 10.9. The average molecular weight is 437 g/mol. The van der Waals surface area contributed by atoms with Crippen LogP contribution in [0.5, 0.6) is 0 Å². The highest BCUT2D eigenvalue weighted by molar-refractivity contribution is 5.77. The third-order valence-corrected chi connectivity index (χ3v) is 5.58. The van der Waals surface area contributed by atoms with Crippen LogP contribution in [0.4, 0.5) is 23.0 Å². The largest absolute Gasteiger partial charge is 0.337 e. The van der Waals surface area contributed by atoms with Gasteiger partial charge < -0.3 is 10.6 Å². The van der Waals surface area contributed by atoms with E-state index in [1.165, 1.54) is 33.4 Å². The molecule has 0 bridgehead atoms. The zero-order valence-electron chi connectivity index (χ0n) is 20.1. The van der Waals surface area contributed by atoms with Gasteiger partial charge >= 0.3 is 0 Å². The summed E-state index contributed by atoms with van der Waals surface area (Å²) < 4.78 is 0. The molecule has 4 aromatic rings. The average Bonchev–Trinajstić information content (AvgIpc) is 2.74. The molecule has 4 heteroatoms. The fourth-order valence-electron chi connectivity index (χ4n) is 4.35. The number of nitrogens with one attached hydrogen (secondary N) is 2. The van der Waals surface area contributed by atoms with Crippen LogP contribution in [0.3, 0.4) is 0 Å². The van der Waals surface area contributed by atoms with Crippen molar-refractivity contribution in [1.29, 1.82) is 0 Å². The molecule has 4 rings (SSSR count). The molecule has 0 aliphatic rings. The number of hydrogen-bond acceptors (Lipinski definition) is 4. The second-order valence-corrected chi connectivity index (χ2v) is 9.17. The van der Waals surface area contributed by atoms with E-state index in [0.29, 0.717) is 17.6 Å². The maximum absolute atomic E-state index is 4.56. The van der Waals surface area contributed by atoms with Gasteiger partial charge in [0.15, 0.2) is 11.6 Å². The molecule has 0 aliphatic heterocycles. The summed E-state index contributed by atoms with van der Waals surface area (Å²) in [5.74, 6) is 2.00. The van der Waals surface area contributed by atoms with Crippen molar-refractivity contribution in [2.75, 3.05) is 10.6 Å². The zero-order valence-corrected chi connectivity index (χ0v) is 20.1. The molecule has 0 spiro atoms. The van der Waals surface area contributed by atoms with Crippen molar-refractivity contribution < 1.29 is 0 Å². The lowest BCUT2D eigenvalue weighted by atomic mass is 9.90. The minimum Gasteiger partial charge on any atom is -0.337 e. The van der Waals surface area contributed by atoms with Crippen LogP contribution >= 0.6 is 0 Å². The van der Waals surface area contributed by atoms with Gasteiger partial charge in [0.05, 0.1) is 0 Å². The first kappa shape index (κ1) is 22.5. The van der Waals surface area contributed by atoms with Crippen LogP contribution in [0.25, 0.3) is 11.1 Å². The number of aryl methyl sites for hydroxylation is 3. The van der Waals surface area contributed by atoms with Gasteiger partial charge in [0.25, 0.3) is 0 Å². The molecule has 0 saturated carbocycles. The number of anilines is 4. The topological polar surface area (TPSA) is 49.8 Å². The van der Waals surface area contributed by atoms with Crippen LogP contribution in [-0.4, -0.2) is 9.97 Å². The Labute approximate surface area is 197 Å². The summed E-state index contributed by atoms with van der Waals surface area (Å²) >= 11 is 0. The van der Waals surface area contributed by atoms with Crippen LogP contribution < -0.4 is 10.6 Å². The summed E-state index contributed by atoms with van der Waals surface area (Å²) in [6.07, 6.45) is 4.47. The molecule has 168 valence electrons. The Morgan fingerprint density at radius 2 is 1.36 bits per heavy atom. The minimum absolute atomic E-state index is 0.602. The van der Waals surface area contributed by atoms with E-state index in [2.05, 4.69) is 116 Å². The molecule has 0 aliphatic carbocycles. The van der Waals surface area contributed by atoms with E-state index in [9.17, 15) is 0 Å². The van der Waals surface area contributed by atoms with Crippen LogP contribution in [0, 0.1) is 26.7 Å². The SMILES string of the molecule is Cc1cc(C)cc(Nc2nccnc2Nc2cccc(-c3c(C)cccc3CC(C)C)c2)c1.